The van der Waals surface area contributed by atoms with Crippen LogP contribution in [0.5, 0.6) is 0 Å². The van der Waals surface area contributed by atoms with Crippen LogP contribution >= 0.6 is 11.5 Å². The molecule has 5 N–H and O–H groups in total. The molecular formula is C25H26FN5O4S. The molecule has 2 atom stereocenters. The molecule has 3 amide bonds. The molecule has 36 heavy (non-hydrogen) atoms. The number of amides is 3. The summed E-state index contributed by atoms with van der Waals surface area (Å²) in [5.41, 5.74) is 12.7. The highest BCUT2D eigenvalue weighted by Gasteiger charge is 2.36. The second-order valence-electron chi connectivity index (χ2n) is 8.48. The molecule has 9 nitrogen and oxygen atoms in total. The van der Waals surface area contributed by atoms with Gasteiger partial charge in [-0.1, -0.05) is 29.8 Å². The van der Waals surface area contributed by atoms with Gasteiger partial charge in [0.25, 0.3) is 11.8 Å². The monoisotopic (exact) mass is 511 g/mol. The summed E-state index contributed by atoms with van der Waals surface area (Å²) < 4.78 is 23.3. The molecule has 2 aromatic carbocycles. The normalized spacial score (nSPS) is 15.9. The van der Waals surface area contributed by atoms with Gasteiger partial charge in [-0.25, -0.2) is 4.39 Å². The first kappa shape index (κ1) is 25.3. The molecule has 2 unspecified atom stereocenters. The third kappa shape index (κ3) is 5.37. The highest BCUT2D eigenvalue weighted by Crippen LogP contribution is 2.33. The van der Waals surface area contributed by atoms with Crippen LogP contribution in [0.4, 0.5) is 15.8 Å². The number of nitrogens with one attached hydrogen (secondary N) is 1. The lowest BCUT2D eigenvalue weighted by Gasteiger charge is -2.31. The number of hydrogen-bond acceptors (Lipinski definition) is 7. The Morgan fingerprint density at radius 2 is 1.89 bits per heavy atom. The maximum Gasteiger partial charge on any atom is 0.273 e. The minimum atomic E-state index is -1.14. The Kier molecular flexibility index (Phi) is 7.61. The third-order valence-electron chi connectivity index (χ3n) is 5.91. The summed E-state index contributed by atoms with van der Waals surface area (Å²) in [4.78, 5) is 40.4. The zero-order valence-electron chi connectivity index (χ0n) is 19.6. The molecular weight excluding hydrogens is 485 g/mol. The van der Waals surface area contributed by atoms with E-state index in [4.69, 9.17) is 16.2 Å². The van der Waals surface area contributed by atoms with Crippen molar-refractivity contribution in [1.82, 2.24) is 9.69 Å². The average molecular weight is 512 g/mol. The minimum Gasteiger partial charge on any atom is -0.395 e. The number of ether oxygens (including phenoxy) is 1. The number of nitrogens with zero attached hydrogens (tertiary/aromatic N) is 2. The number of halogens is 1. The maximum absolute atomic E-state index is 13.9. The number of rotatable bonds is 8. The second-order valence-corrected chi connectivity index (χ2v) is 9.26. The number of nitrogen functional groups attached to an aromatic ring is 1. The molecule has 1 aliphatic heterocycles. The van der Waals surface area contributed by atoms with Crippen molar-refractivity contribution >= 4 is 40.6 Å². The highest BCUT2D eigenvalue weighted by atomic mass is 32.1. The van der Waals surface area contributed by atoms with E-state index in [0.29, 0.717) is 23.7 Å². The van der Waals surface area contributed by atoms with Crippen molar-refractivity contribution < 1.29 is 23.5 Å². The molecule has 4 rings (SSSR count). The van der Waals surface area contributed by atoms with Crippen molar-refractivity contribution in [3.05, 3.63) is 76.0 Å². The molecule has 1 saturated heterocycles. The van der Waals surface area contributed by atoms with Crippen LogP contribution in [0.25, 0.3) is 0 Å². The number of carbonyl (C=O) groups is 3. The van der Waals surface area contributed by atoms with Crippen molar-refractivity contribution in [3.8, 4) is 0 Å². The fraction of sp³-hybridized carbons (Fsp3) is 0.280. The number of primary amides is 1. The minimum absolute atomic E-state index is 0.0582. The standard InChI is InChI=1S/C25H26FN5O4S/c1-14-4-6-15(7-5-14)21(24(33)29-13-18-3-2-12-35-18)31(17-10-8-16(26)9-11-17)25(34)22-19(27)20(23(28)32)30-36-22/h4-11,18,21H,2-3,12-13,27H2,1H3,(H2,28,32)(H,29,33). The van der Waals surface area contributed by atoms with Crippen molar-refractivity contribution in [2.45, 2.75) is 31.9 Å². The van der Waals surface area contributed by atoms with E-state index in [0.717, 1.165) is 18.4 Å². The number of aryl methyl sites for hydroxylation is 1. The molecule has 0 spiro atoms. The molecule has 1 aromatic heterocycles. The first-order chi connectivity index (χ1) is 17.3. The van der Waals surface area contributed by atoms with Crippen LogP contribution in [0, 0.1) is 12.7 Å². The molecule has 0 radical (unpaired) electrons. The van der Waals surface area contributed by atoms with E-state index in [2.05, 4.69) is 9.69 Å². The largest absolute Gasteiger partial charge is 0.395 e. The summed E-state index contributed by atoms with van der Waals surface area (Å²) in [6.45, 7) is 2.82. The van der Waals surface area contributed by atoms with E-state index in [1.807, 2.05) is 19.1 Å². The Morgan fingerprint density at radius 1 is 1.19 bits per heavy atom. The molecule has 1 aliphatic rings. The van der Waals surface area contributed by atoms with Gasteiger partial charge in [0.05, 0.1) is 11.8 Å². The molecule has 0 aliphatic carbocycles. The quantitative estimate of drug-likeness (QED) is 0.425. The van der Waals surface area contributed by atoms with Gasteiger partial charge >= 0.3 is 0 Å². The Bertz CT molecular complexity index is 1260. The van der Waals surface area contributed by atoms with Crippen LogP contribution in [0.1, 0.15) is 50.2 Å². The topological polar surface area (TPSA) is 141 Å². The molecule has 11 heteroatoms. The van der Waals surface area contributed by atoms with Gasteiger partial charge in [0, 0.05) is 18.8 Å². The lowest BCUT2D eigenvalue weighted by Crippen LogP contribution is -2.45. The Balaban J connectivity index is 1.79. The van der Waals surface area contributed by atoms with E-state index in [1.165, 1.54) is 29.2 Å². The van der Waals surface area contributed by atoms with Crippen LogP contribution < -0.4 is 21.7 Å². The summed E-state index contributed by atoms with van der Waals surface area (Å²) in [5, 5.41) is 2.89. The Hall–Kier alpha value is -3.83. The van der Waals surface area contributed by atoms with E-state index >= 15 is 0 Å². The van der Waals surface area contributed by atoms with Crippen LogP contribution in [-0.2, 0) is 9.53 Å². The number of hydrogen-bond donors (Lipinski definition) is 3. The lowest BCUT2D eigenvalue weighted by molar-refractivity contribution is -0.123. The first-order valence-electron chi connectivity index (χ1n) is 11.4. The number of aromatic nitrogens is 1. The second kappa shape index (κ2) is 10.8. The van der Waals surface area contributed by atoms with Crippen molar-refractivity contribution in [2.75, 3.05) is 23.8 Å². The summed E-state index contributed by atoms with van der Waals surface area (Å²) in [5.74, 6) is -2.51. The zero-order chi connectivity index (χ0) is 25.8. The molecule has 188 valence electrons. The van der Waals surface area contributed by atoms with Gasteiger partial charge < -0.3 is 21.5 Å². The number of anilines is 2. The number of benzene rings is 2. The fourth-order valence-electron chi connectivity index (χ4n) is 4.01. The zero-order valence-corrected chi connectivity index (χ0v) is 20.4. The predicted octanol–water partition coefficient (Wildman–Crippen LogP) is 2.96. The van der Waals surface area contributed by atoms with E-state index in [-0.39, 0.29) is 34.6 Å². The molecule has 2 heterocycles. The lowest BCUT2D eigenvalue weighted by atomic mass is 10.0. The van der Waals surface area contributed by atoms with Crippen LogP contribution in [0.3, 0.4) is 0 Å². The Morgan fingerprint density at radius 3 is 2.47 bits per heavy atom. The number of nitrogens with two attached hydrogens (primary N) is 2. The number of carbonyl (C=O) groups excluding carboxylic acids is 3. The SMILES string of the molecule is Cc1ccc(C(C(=O)NCC2CCCO2)N(C(=O)c2snc(C(N)=O)c2N)c2ccc(F)cc2)cc1. The van der Waals surface area contributed by atoms with E-state index in [9.17, 15) is 18.8 Å². The van der Waals surface area contributed by atoms with Crippen molar-refractivity contribution in [2.24, 2.45) is 5.73 Å². The summed E-state index contributed by atoms with van der Waals surface area (Å²) in [6, 6.07) is 11.2. The first-order valence-corrected chi connectivity index (χ1v) is 12.1. The van der Waals surface area contributed by atoms with Crippen molar-refractivity contribution in [3.63, 3.8) is 0 Å². The van der Waals surface area contributed by atoms with Crippen LogP contribution in [0.15, 0.2) is 48.5 Å². The smallest absolute Gasteiger partial charge is 0.273 e. The van der Waals surface area contributed by atoms with Crippen molar-refractivity contribution in [1.29, 1.82) is 0 Å². The van der Waals surface area contributed by atoms with Gasteiger partial charge in [-0.3, -0.25) is 19.3 Å². The van der Waals surface area contributed by atoms with Gasteiger partial charge in [0.2, 0.25) is 5.91 Å². The third-order valence-corrected chi connectivity index (χ3v) is 6.76. The molecule has 3 aromatic rings. The van der Waals surface area contributed by atoms with E-state index in [1.54, 1.807) is 12.1 Å². The van der Waals surface area contributed by atoms with Gasteiger partial charge in [-0.15, -0.1) is 0 Å². The average Bonchev–Trinajstić information content (AvgIpc) is 3.52. The fourth-order valence-corrected chi connectivity index (χ4v) is 4.75. The molecule has 1 fully saturated rings. The highest BCUT2D eigenvalue weighted by molar-refractivity contribution is 7.09. The van der Waals surface area contributed by atoms with Gasteiger partial charge in [0.1, 0.15) is 16.7 Å². The summed E-state index contributed by atoms with van der Waals surface area (Å²) >= 11 is 0.706. The van der Waals surface area contributed by atoms with Gasteiger partial charge in [-0.2, -0.15) is 4.37 Å². The maximum atomic E-state index is 13.9. The van der Waals surface area contributed by atoms with Crippen LogP contribution in [0.2, 0.25) is 0 Å². The van der Waals surface area contributed by atoms with Gasteiger partial charge in [-0.05, 0) is 61.1 Å². The van der Waals surface area contributed by atoms with E-state index < -0.39 is 29.6 Å². The summed E-state index contributed by atoms with van der Waals surface area (Å²) in [6.07, 6.45) is 1.62. The molecule has 0 saturated carbocycles. The Labute approximate surface area is 211 Å². The van der Waals surface area contributed by atoms with Gasteiger partial charge in [0.15, 0.2) is 5.69 Å². The summed E-state index contributed by atoms with van der Waals surface area (Å²) in [7, 11) is 0. The predicted molar refractivity (Wildman–Crippen MR) is 134 cm³/mol. The molecule has 0 bridgehead atoms. The van der Waals surface area contributed by atoms with Crippen LogP contribution in [-0.4, -0.2) is 41.4 Å².